The van der Waals surface area contributed by atoms with Gasteiger partial charge in [0.2, 0.25) is 0 Å². The lowest BCUT2D eigenvalue weighted by Gasteiger charge is -2.30. The predicted molar refractivity (Wildman–Crippen MR) is 96.3 cm³/mol. The van der Waals surface area contributed by atoms with Crippen molar-refractivity contribution in [3.05, 3.63) is 46.5 Å². The standard InChI is InChI=1S/C21H34/c1-10-15(2)11-12-17-13-18(20(4,5)6)16(3)19(14-17)21(7,8)9/h13-14H,2,10-12H2,1,3-9H3. The van der Waals surface area contributed by atoms with Crippen LogP contribution in [0.15, 0.2) is 24.3 Å². The Bertz CT molecular complexity index is 469. The average molecular weight is 287 g/mol. The number of benzene rings is 1. The molecule has 21 heavy (non-hydrogen) atoms. The first-order valence-electron chi connectivity index (χ1n) is 8.28. The molecule has 0 heterocycles. The Morgan fingerprint density at radius 3 is 1.71 bits per heavy atom. The summed E-state index contributed by atoms with van der Waals surface area (Å²) < 4.78 is 0. The first-order valence-corrected chi connectivity index (χ1v) is 8.28. The molecule has 0 saturated carbocycles. The van der Waals surface area contributed by atoms with Crippen LogP contribution in [-0.2, 0) is 17.3 Å². The quantitative estimate of drug-likeness (QED) is 0.555. The smallest absolute Gasteiger partial charge is 0.0129 e. The molecule has 0 heteroatoms. The summed E-state index contributed by atoms with van der Waals surface area (Å²) in [6.45, 7) is 22.5. The highest BCUT2D eigenvalue weighted by atomic mass is 14.3. The SMILES string of the molecule is C=C(CC)CCc1cc(C(C)(C)C)c(C)c(C(C)(C)C)c1. The van der Waals surface area contributed by atoms with Crippen LogP contribution in [0.25, 0.3) is 0 Å². The fraction of sp³-hybridized carbons (Fsp3) is 0.619. The Labute approximate surface area is 132 Å². The first kappa shape index (κ1) is 18.0. The van der Waals surface area contributed by atoms with E-state index >= 15 is 0 Å². The Balaban J connectivity index is 3.31. The predicted octanol–water partition coefficient (Wildman–Crippen LogP) is 6.49. The number of rotatable bonds is 4. The molecule has 0 aromatic heterocycles. The fourth-order valence-electron chi connectivity index (χ4n) is 2.97. The molecule has 0 N–H and O–H groups in total. The van der Waals surface area contributed by atoms with Crippen LogP contribution in [0.4, 0.5) is 0 Å². The minimum atomic E-state index is 0.196. The molecule has 0 amide bonds. The topological polar surface area (TPSA) is 0 Å². The summed E-state index contributed by atoms with van der Waals surface area (Å²) in [5.74, 6) is 0. The Morgan fingerprint density at radius 1 is 0.952 bits per heavy atom. The summed E-state index contributed by atoms with van der Waals surface area (Å²) in [6, 6.07) is 4.85. The summed E-state index contributed by atoms with van der Waals surface area (Å²) in [5.41, 5.74) is 7.66. The van der Waals surface area contributed by atoms with Gasteiger partial charge in [0.1, 0.15) is 0 Å². The highest BCUT2D eigenvalue weighted by molar-refractivity contribution is 5.45. The average Bonchev–Trinajstić information content (AvgIpc) is 2.34. The lowest BCUT2D eigenvalue weighted by atomic mass is 9.75. The Morgan fingerprint density at radius 2 is 1.38 bits per heavy atom. The summed E-state index contributed by atoms with van der Waals surface area (Å²) in [4.78, 5) is 0. The van der Waals surface area contributed by atoms with Gasteiger partial charge in [-0.15, -0.1) is 0 Å². The number of allylic oxidation sites excluding steroid dienone is 1. The van der Waals surface area contributed by atoms with Gasteiger partial charge in [0.05, 0.1) is 0 Å². The zero-order valence-electron chi connectivity index (χ0n) is 15.5. The molecule has 0 radical (unpaired) electrons. The molecule has 1 aromatic rings. The minimum Gasteiger partial charge on any atom is -0.0999 e. The van der Waals surface area contributed by atoms with E-state index in [1.54, 1.807) is 0 Å². The molecule has 0 saturated heterocycles. The van der Waals surface area contributed by atoms with Gasteiger partial charge in [0, 0.05) is 0 Å². The van der Waals surface area contributed by atoms with Gasteiger partial charge in [-0.25, -0.2) is 0 Å². The van der Waals surface area contributed by atoms with Crippen molar-refractivity contribution in [3.8, 4) is 0 Å². The monoisotopic (exact) mass is 286 g/mol. The Hall–Kier alpha value is -1.04. The maximum atomic E-state index is 4.15. The summed E-state index contributed by atoms with van der Waals surface area (Å²) in [5, 5.41) is 0. The lowest BCUT2D eigenvalue weighted by Crippen LogP contribution is -2.20. The molecule has 0 spiro atoms. The van der Waals surface area contributed by atoms with Crippen LogP contribution in [-0.4, -0.2) is 0 Å². The lowest BCUT2D eigenvalue weighted by molar-refractivity contribution is 0.559. The summed E-state index contributed by atoms with van der Waals surface area (Å²) in [7, 11) is 0. The van der Waals surface area contributed by atoms with Crippen LogP contribution in [0.5, 0.6) is 0 Å². The minimum absolute atomic E-state index is 0.196. The molecular formula is C21H34. The van der Waals surface area contributed by atoms with Gasteiger partial charge in [-0.2, -0.15) is 0 Å². The van der Waals surface area contributed by atoms with Gasteiger partial charge in [-0.3, -0.25) is 0 Å². The summed E-state index contributed by atoms with van der Waals surface area (Å²) in [6.07, 6.45) is 3.30. The molecular weight excluding hydrogens is 252 g/mol. The summed E-state index contributed by atoms with van der Waals surface area (Å²) >= 11 is 0. The number of aryl methyl sites for hydroxylation is 1. The van der Waals surface area contributed by atoms with Gasteiger partial charge in [0.25, 0.3) is 0 Å². The van der Waals surface area contributed by atoms with E-state index in [-0.39, 0.29) is 10.8 Å². The molecule has 0 nitrogen and oxygen atoms in total. The van der Waals surface area contributed by atoms with E-state index in [1.165, 1.54) is 27.8 Å². The van der Waals surface area contributed by atoms with Crippen LogP contribution in [0.2, 0.25) is 0 Å². The third-order valence-corrected chi connectivity index (χ3v) is 4.35. The highest BCUT2D eigenvalue weighted by Gasteiger charge is 2.24. The third-order valence-electron chi connectivity index (χ3n) is 4.35. The van der Waals surface area contributed by atoms with Crippen molar-refractivity contribution in [3.63, 3.8) is 0 Å². The zero-order valence-corrected chi connectivity index (χ0v) is 15.5. The van der Waals surface area contributed by atoms with Crippen molar-refractivity contribution < 1.29 is 0 Å². The number of hydrogen-bond donors (Lipinski definition) is 0. The van der Waals surface area contributed by atoms with Gasteiger partial charge < -0.3 is 0 Å². The normalized spacial score (nSPS) is 12.6. The molecule has 0 bridgehead atoms. The van der Waals surface area contributed by atoms with Crippen LogP contribution < -0.4 is 0 Å². The fourth-order valence-corrected chi connectivity index (χ4v) is 2.97. The van der Waals surface area contributed by atoms with Crippen LogP contribution in [0, 0.1) is 6.92 Å². The molecule has 0 fully saturated rings. The van der Waals surface area contributed by atoms with E-state index in [2.05, 4.69) is 74.1 Å². The van der Waals surface area contributed by atoms with Crippen LogP contribution >= 0.6 is 0 Å². The van der Waals surface area contributed by atoms with Crippen molar-refractivity contribution in [1.29, 1.82) is 0 Å². The van der Waals surface area contributed by atoms with Gasteiger partial charge in [-0.1, -0.05) is 72.8 Å². The molecule has 0 aliphatic heterocycles. The van der Waals surface area contributed by atoms with E-state index in [0.717, 1.165) is 19.3 Å². The largest absolute Gasteiger partial charge is 0.0999 e. The second kappa shape index (κ2) is 6.38. The van der Waals surface area contributed by atoms with E-state index in [1.807, 2.05) is 0 Å². The van der Waals surface area contributed by atoms with Crippen molar-refractivity contribution in [2.24, 2.45) is 0 Å². The van der Waals surface area contributed by atoms with E-state index in [0.29, 0.717) is 0 Å². The molecule has 0 aliphatic rings. The second-order valence-corrected chi connectivity index (χ2v) is 8.42. The van der Waals surface area contributed by atoms with Crippen molar-refractivity contribution in [2.75, 3.05) is 0 Å². The van der Waals surface area contributed by atoms with E-state index < -0.39 is 0 Å². The maximum absolute atomic E-state index is 4.15. The molecule has 0 unspecified atom stereocenters. The van der Waals surface area contributed by atoms with Gasteiger partial charge in [0.15, 0.2) is 0 Å². The van der Waals surface area contributed by atoms with Crippen molar-refractivity contribution in [1.82, 2.24) is 0 Å². The van der Waals surface area contributed by atoms with Gasteiger partial charge in [-0.05, 0) is 59.3 Å². The first-order chi connectivity index (χ1) is 9.46. The molecule has 1 aromatic carbocycles. The van der Waals surface area contributed by atoms with E-state index in [9.17, 15) is 0 Å². The van der Waals surface area contributed by atoms with Crippen LogP contribution in [0.3, 0.4) is 0 Å². The molecule has 118 valence electrons. The van der Waals surface area contributed by atoms with Crippen LogP contribution in [0.1, 0.15) is 83.6 Å². The Kier molecular flexibility index (Phi) is 5.47. The highest BCUT2D eigenvalue weighted by Crippen LogP contribution is 2.35. The van der Waals surface area contributed by atoms with E-state index in [4.69, 9.17) is 0 Å². The maximum Gasteiger partial charge on any atom is -0.0129 e. The van der Waals surface area contributed by atoms with Crippen molar-refractivity contribution >= 4 is 0 Å². The third kappa shape index (κ3) is 4.73. The molecule has 1 rings (SSSR count). The zero-order chi connectivity index (χ0) is 16.4. The molecule has 0 aliphatic carbocycles. The molecule has 0 atom stereocenters. The second-order valence-electron chi connectivity index (χ2n) is 8.42. The van der Waals surface area contributed by atoms with Gasteiger partial charge >= 0.3 is 0 Å². The number of hydrogen-bond acceptors (Lipinski definition) is 0. The van der Waals surface area contributed by atoms with Crippen molar-refractivity contribution in [2.45, 2.75) is 85.5 Å².